The van der Waals surface area contributed by atoms with E-state index in [1.165, 1.54) is 0 Å². The molecule has 0 spiro atoms. The Morgan fingerprint density at radius 1 is 1.58 bits per heavy atom. The van der Waals surface area contributed by atoms with Crippen LogP contribution in [0.15, 0.2) is 0 Å². The first kappa shape index (κ1) is 14.2. The summed E-state index contributed by atoms with van der Waals surface area (Å²) in [6.07, 6.45) is 0.109. The SMILES string of the molecule is CC(C)OC(=O)[C@@H](N)CCO.Cl. The number of nitrogens with two attached hydrogens (primary N) is 1. The first-order chi connectivity index (χ1) is 5.07. The molecule has 0 rings (SSSR count). The molecule has 74 valence electrons. The van der Waals surface area contributed by atoms with Gasteiger partial charge in [-0.2, -0.15) is 0 Å². The second kappa shape index (κ2) is 7.34. The van der Waals surface area contributed by atoms with E-state index in [0.29, 0.717) is 0 Å². The molecule has 0 unspecified atom stereocenters. The number of hydrogen-bond acceptors (Lipinski definition) is 4. The van der Waals surface area contributed by atoms with E-state index < -0.39 is 12.0 Å². The molecule has 0 aliphatic heterocycles. The van der Waals surface area contributed by atoms with Gasteiger partial charge < -0.3 is 15.6 Å². The van der Waals surface area contributed by atoms with Gasteiger partial charge in [0, 0.05) is 6.61 Å². The van der Waals surface area contributed by atoms with Crippen molar-refractivity contribution in [3.63, 3.8) is 0 Å². The molecule has 0 heterocycles. The third-order valence-corrected chi connectivity index (χ3v) is 1.09. The number of halogens is 1. The molecule has 5 heteroatoms. The van der Waals surface area contributed by atoms with Crippen LogP contribution in [0.1, 0.15) is 20.3 Å². The summed E-state index contributed by atoms with van der Waals surface area (Å²) in [5.41, 5.74) is 5.34. The summed E-state index contributed by atoms with van der Waals surface area (Å²) in [6.45, 7) is 3.42. The molecule has 1 atom stereocenters. The number of carbonyl (C=O) groups excluding carboxylic acids is 1. The minimum absolute atomic E-state index is 0. The molecule has 0 saturated heterocycles. The van der Waals surface area contributed by atoms with Gasteiger partial charge in [0.15, 0.2) is 0 Å². The van der Waals surface area contributed by atoms with Crippen LogP contribution in [0, 0.1) is 0 Å². The molecular weight excluding hydrogens is 182 g/mol. The van der Waals surface area contributed by atoms with Crippen molar-refractivity contribution in [1.29, 1.82) is 0 Å². The Hall–Kier alpha value is -0.320. The van der Waals surface area contributed by atoms with Crippen LogP contribution < -0.4 is 5.73 Å². The van der Waals surface area contributed by atoms with Gasteiger partial charge in [-0.25, -0.2) is 0 Å². The highest BCUT2D eigenvalue weighted by atomic mass is 35.5. The molecule has 3 N–H and O–H groups in total. The van der Waals surface area contributed by atoms with Crippen molar-refractivity contribution in [3.8, 4) is 0 Å². The lowest BCUT2D eigenvalue weighted by Gasteiger charge is -2.12. The van der Waals surface area contributed by atoms with E-state index in [0.717, 1.165) is 0 Å². The van der Waals surface area contributed by atoms with Crippen molar-refractivity contribution in [2.75, 3.05) is 6.61 Å². The number of esters is 1. The summed E-state index contributed by atoms with van der Waals surface area (Å²) in [7, 11) is 0. The number of ether oxygens (including phenoxy) is 1. The van der Waals surface area contributed by atoms with Gasteiger partial charge in [-0.3, -0.25) is 4.79 Å². The first-order valence-corrected chi connectivity index (χ1v) is 3.65. The van der Waals surface area contributed by atoms with Crippen molar-refractivity contribution in [1.82, 2.24) is 0 Å². The molecule has 0 fully saturated rings. The van der Waals surface area contributed by atoms with Gasteiger partial charge in [0.1, 0.15) is 6.04 Å². The van der Waals surface area contributed by atoms with E-state index in [2.05, 4.69) is 0 Å². The fourth-order valence-electron chi connectivity index (χ4n) is 0.577. The Balaban J connectivity index is 0. The Labute approximate surface area is 78.5 Å². The van der Waals surface area contributed by atoms with Crippen LogP contribution in [0.4, 0.5) is 0 Å². The highest BCUT2D eigenvalue weighted by molar-refractivity contribution is 5.85. The third-order valence-electron chi connectivity index (χ3n) is 1.09. The van der Waals surface area contributed by atoms with Crippen molar-refractivity contribution in [2.45, 2.75) is 32.4 Å². The predicted molar refractivity (Wildman–Crippen MR) is 48.2 cm³/mol. The third kappa shape index (κ3) is 6.39. The topological polar surface area (TPSA) is 72.5 Å². The second-order valence-corrected chi connectivity index (χ2v) is 2.60. The largest absolute Gasteiger partial charge is 0.462 e. The molecule has 0 aromatic heterocycles. The highest BCUT2D eigenvalue weighted by Crippen LogP contribution is 1.95. The van der Waals surface area contributed by atoms with E-state index in [4.69, 9.17) is 15.6 Å². The van der Waals surface area contributed by atoms with Gasteiger partial charge in [-0.15, -0.1) is 12.4 Å². The van der Waals surface area contributed by atoms with Crippen LogP contribution in [-0.2, 0) is 9.53 Å². The zero-order chi connectivity index (χ0) is 8.85. The number of hydrogen-bond donors (Lipinski definition) is 2. The maximum absolute atomic E-state index is 10.9. The predicted octanol–water partition coefficient (Wildman–Crippen LogP) is 0.0695. The Kier molecular flexibility index (Phi) is 8.69. The number of carbonyl (C=O) groups is 1. The van der Waals surface area contributed by atoms with Crippen molar-refractivity contribution in [2.24, 2.45) is 5.73 Å². The monoisotopic (exact) mass is 197 g/mol. The average Bonchev–Trinajstić information content (AvgIpc) is 1.86. The van der Waals surface area contributed by atoms with E-state index in [1.54, 1.807) is 13.8 Å². The Bertz CT molecular complexity index is 130. The molecular formula is C7H16ClNO3. The maximum Gasteiger partial charge on any atom is 0.323 e. The van der Waals surface area contributed by atoms with Gasteiger partial charge in [0.2, 0.25) is 0 Å². The molecule has 0 aromatic rings. The lowest BCUT2D eigenvalue weighted by Crippen LogP contribution is -2.34. The molecule has 0 aliphatic rings. The van der Waals surface area contributed by atoms with Crippen LogP contribution in [0.25, 0.3) is 0 Å². The van der Waals surface area contributed by atoms with Crippen LogP contribution >= 0.6 is 12.4 Å². The lowest BCUT2D eigenvalue weighted by molar-refractivity contribution is -0.149. The zero-order valence-corrected chi connectivity index (χ0v) is 8.13. The zero-order valence-electron chi connectivity index (χ0n) is 7.32. The normalized spacial score (nSPS) is 12.1. The van der Waals surface area contributed by atoms with Gasteiger partial charge in [-0.05, 0) is 20.3 Å². The van der Waals surface area contributed by atoms with E-state index in [9.17, 15) is 4.79 Å². The summed E-state index contributed by atoms with van der Waals surface area (Å²) in [6, 6.07) is -0.692. The smallest absolute Gasteiger partial charge is 0.323 e. The first-order valence-electron chi connectivity index (χ1n) is 3.65. The minimum Gasteiger partial charge on any atom is -0.462 e. The minimum atomic E-state index is -0.692. The average molecular weight is 198 g/mol. The lowest BCUT2D eigenvalue weighted by atomic mass is 10.2. The number of aliphatic hydroxyl groups is 1. The summed E-state index contributed by atoms with van der Waals surface area (Å²) < 4.78 is 4.79. The number of rotatable bonds is 4. The Morgan fingerprint density at radius 2 is 2.08 bits per heavy atom. The van der Waals surface area contributed by atoms with E-state index in [1.807, 2.05) is 0 Å². The van der Waals surface area contributed by atoms with Crippen LogP contribution in [0.2, 0.25) is 0 Å². The molecule has 0 aliphatic carbocycles. The van der Waals surface area contributed by atoms with Crippen LogP contribution in [0.5, 0.6) is 0 Å². The summed E-state index contributed by atoms with van der Waals surface area (Å²) in [4.78, 5) is 10.9. The van der Waals surface area contributed by atoms with Gasteiger partial charge in [-0.1, -0.05) is 0 Å². The van der Waals surface area contributed by atoms with Crippen LogP contribution in [0.3, 0.4) is 0 Å². The van der Waals surface area contributed by atoms with Gasteiger partial charge in [0.25, 0.3) is 0 Å². The van der Waals surface area contributed by atoms with Crippen molar-refractivity contribution in [3.05, 3.63) is 0 Å². The van der Waals surface area contributed by atoms with Crippen molar-refractivity contribution < 1.29 is 14.6 Å². The molecule has 0 bridgehead atoms. The van der Waals surface area contributed by atoms with E-state index >= 15 is 0 Å². The fourth-order valence-corrected chi connectivity index (χ4v) is 0.577. The van der Waals surface area contributed by atoms with Gasteiger partial charge in [0.05, 0.1) is 6.10 Å². The molecule has 0 amide bonds. The fraction of sp³-hybridized carbons (Fsp3) is 0.857. The standard InChI is InChI=1S/C7H15NO3.ClH/c1-5(2)11-7(10)6(8)3-4-9;/h5-6,9H,3-4,8H2,1-2H3;1H/t6-;/m0./s1. The molecule has 0 saturated carbocycles. The van der Waals surface area contributed by atoms with E-state index in [-0.39, 0.29) is 31.5 Å². The Morgan fingerprint density at radius 3 is 2.42 bits per heavy atom. The molecule has 0 radical (unpaired) electrons. The second-order valence-electron chi connectivity index (χ2n) is 2.60. The molecule has 12 heavy (non-hydrogen) atoms. The maximum atomic E-state index is 10.9. The quantitative estimate of drug-likeness (QED) is 0.626. The molecule has 4 nitrogen and oxygen atoms in total. The summed E-state index contributed by atoms with van der Waals surface area (Å²) >= 11 is 0. The number of aliphatic hydroxyl groups excluding tert-OH is 1. The van der Waals surface area contributed by atoms with Crippen molar-refractivity contribution >= 4 is 18.4 Å². The van der Waals surface area contributed by atoms with Crippen LogP contribution in [-0.4, -0.2) is 29.8 Å². The van der Waals surface area contributed by atoms with Gasteiger partial charge >= 0.3 is 5.97 Å². The summed E-state index contributed by atoms with van der Waals surface area (Å²) in [5.74, 6) is -0.450. The summed E-state index contributed by atoms with van der Waals surface area (Å²) in [5, 5.41) is 8.43. The molecule has 0 aromatic carbocycles. The highest BCUT2D eigenvalue weighted by Gasteiger charge is 2.14.